The maximum Gasteiger partial charge on any atom is 0.265 e. The van der Waals surface area contributed by atoms with Gasteiger partial charge in [-0.2, -0.15) is 0 Å². The molecule has 6 heteroatoms. The molecule has 1 aliphatic heterocycles. The Bertz CT molecular complexity index is 942. The Morgan fingerprint density at radius 1 is 1.04 bits per heavy atom. The first-order valence-electron chi connectivity index (χ1n) is 9.91. The quantitative estimate of drug-likeness (QED) is 0.791. The van der Waals surface area contributed by atoms with Gasteiger partial charge in [-0.1, -0.05) is 49.9 Å². The number of amides is 1. The van der Waals surface area contributed by atoms with Gasteiger partial charge < -0.3 is 5.32 Å². The molecule has 144 valence electrons. The normalized spacial score (nSPS) is 19.2. The number of rotatable bonds is 5. The molecule has 1 amide bonds. The molecule has 1 fully saturated rings. The Morgan fingerprint density at radius 3 is 2.48 bits per heavy atom. The highest BCUT2D eigenvalue weighted by Crippen LogP contribution is 2.41. The fourth-order valence-corrected chi connectivity index (χ4v) is 6.05. The molecule has 0 bridgehead atoms. The van der Waals surface area contributed by atoms with Gasteiger partial charge in [-0.3, -0.25) is 9.10 Å². The summed E-state index contributed by atoms with van der Waals surface area (Å²) in [6, 6.07) is 11.3. The van der Waals surface area contributed by atoms with Crippen molar-refractivity contribution in [1.29, 1.82) is 0 Å². The van der Waals surface area contributed by atoms with Crippen molar-refractivity contribution in [3.63, 3.8) is 0 Å². The van der Waals surface area contributed by atoms with Gasteiger partial charge in [-0.25, -0.2) is 8.42 Å². The van der Waals surface area contributed by atoms with Crippen LogP contribution in [0.2, 0.25) is 0 Å². The molecule has 2 aromatic rings. The fraction of sp³-hybridized carbons (Fsp3) is 0.476. The third-order valence-corrected chi connectivity index (χ3v) is 7.52. The zero-order valence-corrected chi connectivity index (χ0v) is 16.3. The van der Waals surface area contributed by atoms with Crippen LogP contribution in [0.4, 0.5) is 5.69 Å². The predicted octanol–water partition coefficient (Wildman–Crippen LogP) is 3.97. The first-order chi connectivity index (χ1) is 13.1. The minimum absolute atomic E-state index is 0.0363. The molecule has 2 aliphatic rings. The number of sulfonamides is 1. The van der Waals surface area contributed by atoms with Crippen LogP contribution < -0.4 is 9.62 Å². The summed E-state index contributed by atoms with van der Waals surface area (Å²) in [6.45, 7) is 0.328. The lowest BCUT2D eigenvalue weighted by atomic mass is 10.1. The van der Waals surface area contributed by atoms with Gasteiger partial charge in [0.2, 0.25) is 5.91 Å². The lowest BCUT2D eigenvalue weighted by Crippen LogP contribution is -2.35. The second-order valence-corrected chi connectivity index (χ2v) is 9.40. The number of anilines is 1. The van der Waals surface area contributed by atoms with Gasteiger partial charge in [-0.15, -0.1) is 0 Å². The fourth-order valence-electron chi connectivity index (χ4n) is 4.31. The molecule has 4 rings (SSSR count). The van der Waals surface area contributed by atoms with E-state index in [9.17, 15) is 13.2 Å². The van der Waals surface area contributed by atoms with E-state index < -0.39 is 10.0 Å². The lowest BCUT2D eigenvalue weighted by molar-refractivity contribution is -0.121. The van der Waals surface area contributed by atoms with E-state index >= 15 is 0 Å². The summed E-state index contributed by atoms with van der Waals surface area (Å²) in [7, 11) is -3.53. The largest absolute Gasteiger partial charge is 0.353 e. The standard InChI is InChI=1S/C21H26N2O3S/c24-20(22-17-10-3-1-2-4-11-17)14-7-15-23-18-12-5-8-16-9-6-13-19(21(16)18)27(23,25)26/h5-6,8-9,12-13,17H,1-4,7,10-11,14-15H2,(H,22,24). The van der Waals surface area contributed by atoms with Gasteiger partial charge in [0.1, 0.15) is 0 Å². The molecule has 0 atom stereocenters. The predicted molar refractivity (Wildman–Crippen MR) is 107 cm³/mol. The van der Waals surface area contributed by atoms with E-state index in [2.05, 4.69) is 5.32 Å². The van der Waals surface area contributed by atoms with E-state index in [-0.39, 0.29) is 11.9 Å². The summed E-state index contributed by atoms with van der Waals surface area (Å²) < 4.78 is 27.3. The van der Waals surface area contributed by atoms with Gasteiger partial charge in [0.25, 0.3) is 10.0 Å². The molecule has 0 radical (unpaired) electrons. The molecule has 2 aromatic carbocycles. The number of hydrogen-bond donors (Lipinski definition) is 1. The van der Waals surface area contributed by atoms with Crippen LogP contribution in [0.15, 0.2) is 41.3 Å². The third-order valence-electron chi connectivity index (χ3n) is 5.67. The van der Waals surface area contributed by atoms with E-state index in [1.54, 1.807) is 12.1 Å². The lowest BCUT2D eigenvalue weighted by Gasteiger charge is -2.19. The molecule has 27 heavy (non-hydrogen) atoms. The van der Waals surface area contributed by atoms with E-state index in [1.807, 2.05) is 24.3 Å². The van der Waals surface area contributed by atoms with Crippen LogP contribution in [0.5, 0.6) is 0 Å². The van der Waals surface area contributed by atoms with Crippen molar-refractivity contribution in [2.24, 2.45) is 0 Å². The van der Waals surface area contributed by atoms with Crippen molar-refractivity contribution < 1.29 is 13.2 Å². The molecule has 0 saturated heterocycles. The van der Waals surface area contributed by atoms with Crippen molar-refractivity contribution in [3.8, 4) is 0 Å². The SMILES string of the molecule is O=C(CCCN1c2cccc3cccc(c23)S1(=O)=O)NC1CCCCCC1. The zero-order chi connectivity index (χ0) is 18.9. The Kier molecular flexibility index (Phi) is 5.08. The van der Waals surface area contributed by atoms with Crippen molar-refractivity contribution in [2.75, 3.05) is 10.8 Å². The van der Waals surface area contributed by atoms with E-state index in [4.69, 9.17) is 0 Å². The summed E-state index contributed by atoms with van der Waals surface area (Å²) in [5.41, 5.74) is 0.729. The second-order valence-electron chi connectivity index (χ2n) is 7.57. The summed E-state index contributed by atoms with van der Waals surface area (Å²) in [5, 5.41) is 4.86. The molecule has 1 saturated carbocycles. The molecule has 0 spiro atoms. The minimum atomic E-state index is -3.53. The van der Waals surface area contributed by atoms with E-state index in [1.165, 1.54) is 30.0 Å². The average molecular weight is 387 g/mol. The van der Waals surface area contributed by atoms with Gasteiger partial charge in [0, 0.05) is 24.4 Å². The maximum absolute atomic E-state index is 12.9. The van der Waals surface area contributed by atoms with Crippen molar-refractivity contribution >= 4 is 32.4 Å². The highest BCUT2D eigenvalue weighted by atomic mass is 32.2. The Morgan fingerprint density at radius 2 is 1.74 bits per heavy atom. The summed E-state index contributed by atoms with van der Waals surface area (Å²) in [4.78, 5) is 12.7. The Balaban J connectivity index is 1.40. The van der Waals surface area contributed by atoms with Crippen LogP contribution in [0, 0.1) is 0 Å². The first kappa shape index (κ1) is 18.3. The molecule has 1 aliphatic carbocycles. The number of carbonyl (C=O) groups excluding carboxylic acids is 1. The summed E-state index contributed by atoms with van der Waals surface area (Å²) >= 11 is 0. The minimum Gasteiger partial charge on any atom is -0.353 e. The average Bonchev–Trinajstić information content (AvgIpc) is 2.83. The molecular formula is C21H26N2O3S. The number of hydrogen-bond acceptors (Lipinski definition) is 3. The smallest absolute Gasteiger partial charge is 0.265 e. The Labute approximate surface area is 160 Å². The van der Waals surface area contributed by atoms with Crippen molar-refractivity contribution in [1.82, 2.24) is 5.32 Å². The van der Waals surface area contributed by atoms with Crippen LogP contribution >= 0.6 is 0 Å². The van der Waals surface area contributed by atoms with Crippen LogP contribution in [-0.2, 0) is 14.8 Å². The summed E-state index contributed by atoms with van der Waals surface area (Å²) in [6.07, 6.45) is 7.86. The highest BCUT2D eigenvalue weighted by molar-refractivity contribution is 7.93. The third kappa shape index (κ3) is 3.55. The molecule has 0 unspecified atom stereocenters. The number of nitrogens with zero attached hydrogens (tertiary/aromatic N) is 1. The van der Waals surface area contributed by atoms with Crippen LogP contribution in [0.1, 0.15) is 51.4 Å². The van der Waals surface area contributed by atoms with Crippen molar-refractivity contribution in [3.05, 3.63) is 36.4 Å². The summed E-state index contributed by atoms with van der Waals surface area (Å²) in [5.74, 6) is 0.0363. The molecule has 5 nitrogen and oxygen atoms in total. The monoisotopic (exact) mass is 386 g/mol. The van der Waals surface area contributed by atoms with E-state index in [0.717, 1.165) is 29.3 Å². The van der Waals surface area contributed by atoms with Gasteiger partial charge in [-0.05, 0) is 36.8 Å². The number of benzene rings is 2. The molecule has 0 aromatic heterocycles. The van der Waals surface area contributed by atoms with Crippen molar-refractivity contribution in [2.45, 2.75) is 62.3 Å². The number of nitrogens with one attached hydrogen (secondary N) is 1. The maximum atomic E-state index is 12.9. The Hall–Kier alpha value is -2.08. The van der Waals surface area contributed by atoms with Gasteiger partial charge in [0.15, 0.2) is 0 Å². The van der Waals surface area contributed by atoms with E-state index in [0.29, 0.717) is 24.3 Å². The van der Waals surface area contributed by atoms with Crippen LogP contribution in [0.25, 0.3) is 10.8 Å². The van der Waals surface area contributed by atoms with Crippen LogP contribution in [-0.4, -0.2) is 26.9 Å². The molecular weight excluding hydrogens is 360 g/mol. The van der Waals surface area contributed by atoms with Gasteiger partial charge >= 0.3 is 0 Å². The van der Waals surface area contributed by atoms with Crippen LogP contribution in [0.3, 0.4) is 0 Å². The molecule has 1 N–H and O–H groups in total. The number of carbonyl (C=O) groups is 1. The highest BCUT2D eigenvalue weighted by Gasteiger charge is 2.35. The second kappa shape index (κ2) is 7.50. The zero-order valence-electron chi connectivity index (χ0n) is 15.5. The van der Waals surface area contributed by atoms with Gasteiger partial charge in [0.05, 0.1) is 10.6 Å². The first-order valence-corrected chi connectivity index (χ1v) is 11.4. The molecule has 1 heterocycles. The topological polar surface area (TPSA) is 66.5 Å².